The van der Waals surface area contributed by atoms with Crippen molar-refractivity contribution in [2.24, 2.45) is 5.73 Å². The number of hydrogen-bond donors (Lipinski definition) is 1. The highest BCUT2D eigenvalue weighted by Gasteiger charge is 2.31. The lowest BCUT2D eigenvalue weighted by molar-refractivity contribution is -0.133. The normalized spacial score (nSPS) is 20.9. The highest BCUT2D eigenvalue weighted by Crippen LogP contribution is 2.32. The Labute approximate surface area is 115 Å². The first-order chi connectivity index (χ1) is 9.00. The Morgan fingerprint density at radius 3 is 2.42 bits per heavy atom. The molecule has 1 aromatic rings. The molecule has 1 aliphatic rings. The van der Waals surface area contributed by atoms with Crippen LogP contribution in [-0.4, -0.2) is 23.4 Å². The Morgan fingerprint density at radius 2 is 1.89 bits per heavy atom. The minimum absolute atomic E-state index is 0.0652. The van der Waals surface area contributed by atoms with Gasteiger partial charge < -0.3 is 10.6 Å². The monoisotopic (exact) mass is 260 g/mol. The quantitative estimate of drug-likeness (QED) is 0.908. The molecule has 19 heavy (non-hydrogen) atoms. The van der Waals surface area contributed by atoms with E-state index in [0.29, 0.717) is 5.92 Å². The van der Waals surface area contributed by atoms with Crippen LogP contribution in [-0.2, 0) is 4.79 Å². The molecule has 1 amide bonds. The summed E-state index contributed by atoms with van der Waals surface area (Å²) in [6.07, 6.45) is 2.11. The lowest BCUT2D eigenvalue weighted by atomic mass is 9.98. The van der Waals surface area contributed by atoms with E-state index in [-0.39, 0.29) is 11.9 Å². The summed E-state index contributed by atoms with van der Waals surface area (Å²) in [5.74, 6) is 0.606. The topological polar surface area (TPSA) is 46.3 Å². The predicted octanol–water partition coefficient (Wildman–Crippen LogP) is 2.82. The van der Waals surface area contributed by atoms with Crippen molar-refractivity contribution in [2.45, 2.75) is 51.6 Å². The minimum Gasteiger partial charge on any atom is -0.334 e. The first-order valence-corrected chi connectivity index (χ1v) is 7.16. The number of hydrogen-bond acceptors (Lipinski definition) is 2. The zero-order valence-electron chi connectivity index (χ0n) is 12.1. The van der Waals surface area contributed by atoms with Gasteiger partial charge in [0.05, 0.1) is 12.1 Å². The van der Waals surface area contributed by atoms with E-state index in [1.807, 2.05) is 4.90 Å². The maximum atomic E-state index is 12.1. The second-order valence-electron chi connectivity index (χ2n) is 5.80. The van der Waals surface area contributed by atoms with E-state index in [4.69, 9.17) is 5.73 Å². The summed E-state index contributed by atoms with van der Waals surface area (Å²) in [6, 6.07) is 8.47. The molecule has 3 heteroatoms. The van der Waals surface area contributed by atoms with Crippen LogP contribution in [0, 0.1) is 0 Å². The molecule has 0 saturated carbocycles. The van der Waals surface area contributed by atoms with Crippen molar-refractivity contribution in [1.29, 1.82) is 0 Å². The maximum Gasteiger partial charge on any atom is 0.239 e. The fourth-order valence-corrected chi connectivity index (χ4v) is 2.74. The standard InChI is InChI=1S/C16H24N2O/c1-11(2)13-6-8-14(9-7-13)15-5-4-10-18(15)16(19)12(3)17/h6-9,11-12,15H,4-5,10,17H2,1-3H3. The summed E-state index contributed by atoms with van der Waals surface area (Å²) in [6.45, 7) is 6.98. The van der Waals surface area contributed by atoms with Crippen LogP contribution < -0.4 is 5.73 Å². The van der Waals surface area contributed by atoms with Gasteiger partial charge >= 0.3 is 0 Å². The van der Waals surface area contributed by atoms with E-state index in [9.17, 15) is 4.79 Å². The highest BCUT2D eigenvalue weighted by molar-refractivity contribution is 5.81. The zero-order chi connectivity index (χ0) is 14.0. The first kappa shape index (κ1) is 14.1. The van der Waals surface area contributed by atoms with Crippen molar-refractivity contribution in [3.05, 3.63) is 35.4 Å². The van der Waals surface area contributed by atoms with Gasteiger partial charge in [-0.05, 0) is 36.8 Å². The third-order valence-electron chi connectivity index (χ3n) is 3.91. The van der Waals surface area contributed by atoms with Crippen LogP contribution in [0.2, 0.25) is 0 Å². The van der Waals surface area contributed by atoms with Crippen molar-refractivity contribution < 1.29 is 4.79 Å². The molecule has 1 heterocycles. The van der Waals surface area contributed by atoms with Gasteiger partial charge in [0.25, 0.3) is 0 Å². The fraction of sp³-hybridized carbons (Fsp3) is 0.562. The third-order valence-corrected chi connectivity index (χ3v) is 3.91. The number of carbonyl (C=O) groups is 1. The van der Waals surface area contributed by atoms with Gasteiger partial charge in [-0.25, -0.2) is 0 Å². The molecule has 2 rings (SSSR count). The van der Waals surface area contributed by atoms with Gasteiger partial charge in [-0.3, -0.25) is 4.79 Å². The van der Waals surface area contributed by atoms with Gasteiger partial charge in [-0.15, -0.1) is 0 Å². The van der Waals surface area contributed by atoms with E-state index in [1.54, 1.807) is 6.92 Å². The lowest BCUT2D eigenvalue weighted by Gasteiger charge is -2.27. The van der Waals surface area contributed by atoms with Crippen LogP contribution in [0.1, 0.15) is 56.7 Å². The Bertz CT molecular complexity index is 437. The predicted molar refractivity (Wildman–Crippen MR) is 77.9 cm³/mol. The Morgan fingerprint density at radius 1 is 1.26 bits per heavy atom. The fourth-order valence-electron chi connectivity index (χ4n) is 2.74. The lowest BCUT2D eigenvalue weighted by Crippen LogP contribution is -2.41. The summed E-state index contributed by atoms with van der Waals surface area (Å²) in [5, 5.41) is 0. The molecule has 1 aliphatic heterocycles. The van der Waals surface area contributed by atoms with Crippen molar-refractivity contribution in [3.63, 3.8) is 0 Å². The van der Waals surface area contributed by atoms with Gasteiger partial charge in [0.15, 0.2) is 0 Å². The molecule has 1 aromatic carbocycles. The number of nitrogens with two attached hydrogens (primary N) is 1. The van der Waals surface area contributed by atoms with Gasteiger partial charge in [-0.1, -0.05) is 38.1 Å². The van der Waals surface area contributed by atoms with Crippen LogP contribution in [0.3, 0.4) is 0 Å². The van der Waals surface area contributed by atoms with Crippen LogP contribution in [0.4, 0.5) is 0 Å². The van der Waals surface area contributed by atoms with Gasteiger partial charge in [0.1, 0.15) is 0 Å². The average molecular weight is 260 g/mol. The molecule has 1 saturated heterocycles. The third kappa shape index (κ3) is 2.98. The molecular formula is C16H24N2O. The second kappa shape index (κ2) is 5.74. The highest BCUT2D eigenvalue weighted by atomic mass is 16.2. The van der Waals surface area contributed by atoms with E-state index >= 15 is 0 Å². The largest absolute Gasteiger partial charge is 0.334 e. The molecule has 3 nitrogen and oxygen atoms in total. The molecule has 0 radical (unpaired) electrons. The summed E-state index contributed by atoms with van der Waals surface area (Å²) in [7, 11) is 0. The SMILES string of the molecule is CC(N)C(=O)N1CCCC1c1ccc(C(C)C)cc1. The molecule has 2 unspecified atom stereocenters. The summed E-state index contributed by atoms with van der Waals surface area (Å²) < 4.78 is 0. The zero-order valence-corrected chi connectivity index (χ0v) is 12.1. The number of likely N-dealkylation sites (tertiary alicyclic amines) is 1. The Kier molecular flexibility index (Phi) is 4.25. The molecule has 1 fully saturated rings. The number of rotatable bonds is 3. The summed E-state index contributed by atoms with van der Waals surface area (Å²) in [5.41, 5.74) is 8.30. The molecule has 0 spiro atoms. The molecule has 0 bridgehead atoms. The van der Waals surface area contributed by atoms with Crippen molar-refractivity contribution in [3.8, 4) is 0 Å². The Balaban J connectivity index is 2.18. The molecule has 2 atom stereocenters. The number of carbonyl (C=O) groups excluding carboxylic acids is 1. The smallest absolute Gasteiger partial charge is 0.239 e. The summed E-state index contributed by atoms with van der Waals surface area (Å²) >= 11 is 0. The number of amides is 1. The molecule has 2 N–H and O–H groups in total. The van der Waals surface area contributed by atoms with Crippen molar-refractivity contribution >= 4 is 5.91 Å². The molecule has 0 aromatic heterocycles. The van der Waals surface area contributed by atoms with Crippen molar-refractivity contribution in [1.82, 2.24) is 4.90 Å². The second-order valence-corrected chi connectivity index (χ2v) is 5.80. The first-order valence-electron chi connectivity index (χ1n) is 7.16. The van der Waals surface area contributed by atoms with Crippen LogP contribution in [0.25, 0.3) is 0 Å². The maximum absolute atomic E-state index is 12.1. The van der Waals surface area contributed by atoms with Crippen LogP contribution in [0.15, 0.2) is 24.3 Å². The van der Waals surface area contributed by atoms with Gasteiger partial charge in [-0.2, -0.15) is 0 Å². The number of nitrogens with zero attached hydrogens (tertiary/aromatic N) is 1. The summed E-state index contributed by atoms with van der Waals surface area (Å²) in [4.78, 5) is 14.0. The molecule has 0 aliphatic carbocycles. The Hall–Kier alpha value is -1.35. The molecule has 104 valence electrons. The van der Waals surface area contributed by atoms with Gasteiger partial charge in [0, 0.05) is 6.54 Å². The minimum atomic E-state index is -0.407. The van der Waals surface area contributed by atoms with Crippen LogP contribution in [0.5, 0.6) is 0 Å². The number of benzene rings is 1. The molecular weight excluding hydrogens is 236 g/mol. The van der Waals surface area contributed by atoms with Gasteiger partial charge in [0.2, 0.25) is 5.91 Å². The van der Waals surface area contributed by atoms with Crippen molar-refractivity contribution in [2.75, 3.05) is 6.54 Å². The van der Waals surface area contributed by atoms with E-state index in [2.05, 4.69) is 38.1 Å². The van der Waals surface area contributed by atoms with Crippen LogP contribution >= 0.6 is 0 Å². The van der Waals surface area contributed by atoms with E-state index in [0.717, 1.165) is 19.4 Å². The average Bonchev–Trinajstić information content (AvgIpc) is 2.86. The van der Waals surface area contributed by atoms with E-state index < -0.39 is 6.04 Å². The van der Waals surface area contributed by atoms with E-state index in [1.165, 1.54) is 11.1 Å².